The Morgan fingerprint density at radius 2 is 2.00 bits per heavy atom. The van der Waals surface area contributed by atoms with Crippen molar-refractivity contribution in [3.05, 3.63) is 71.9 Å². The van der Waals surface area contributed by atoms with Crippen molar-refractivity contribution >= 4 is 5.91 Å². The van der Waals surface area contributed by atoms with Crippen molar-refractivity contribution in [3.63, 3.8) is 0 Å². The Morgan fingerprint density at radius 3 is 2.72 bits per heavy atom. The molecule has 0 radical (unpaired) electrons. The Labute approximate surface area is 146 Å². The third kappa shape index (κ3) is 3.57. The van der Waals surface area contributed by atoms with Crippen LogP contribution >= 0.6 is 0 Å². The number of aryl methyl sites for hydroxylation is 1. The lowest BCUT2D eigenvalue weighted by molar-refractivity contribution is 0.0945. The number of hydrogen-bond donors (Lipinski definition) is 1. The summed E-state index contributed by atoms with van der Waals surface area (Å²) >= 11 is 0. The minimum atomic E-state index is -0.184. The smallest absolute Gasteiger partial charge is 0.255 e. The normalized spacial score (nSPS) is 11.3. The zero-order chi connectivity index (χ0) is 17.9. The van der Waals surface area contributed by atoms with E-state index in [1.54, 1.807) is 18.3 Å². The van der Waals surface area contributed by atoms with Crippen molar-refractivity contribution in [1.82, 2.24) is 25.1 Å². The van der Waals surface area contributed by atoms with Crippen LogP contribution in [-0.2, 0) is 5.41 Å². The molecule has 0 saturated carbocycles. The molecule has 0 atom stereocenters. The summed E-state index contributed by atoms with van der Waals surface area (Å²) in [6.07, 6.45) is 4.57. The van der Waals surface area contributed by atoms with Gasteiger partial charge in [0.25, 0.3) is 5.91 Å². The minimum absolute atomic E-state index is 0.180. The highest BCUT2D eigenvalue weighted by atomic mass is 16.1. The van der Waals surface area contributed by atoms with E-state index in [-0.39, 0.29) is 11.3 Å². The number of aromatic nitrogens is 4. The summed E-state index contributed by atoms with van der Waals surface area (Å²) in [6, 6.07) is 11.7. The van der Waals surface area contributed by atoms with Gasteiger partial charge >= 0.3 is 0 Å². The van der Waals surface area contributed by atoms with Gasteiger partial charge < -0.3 is 5.32 Å². The van der Waals surface area contributed by atoms with E-state index in [2.05, 4.69) is 53.3 Å². The summed E-state index contributed by atoms with van der Waals surface area (Å²) < 4.78 is 1.49. The van der Waals surface area contributed by atoms with Gasteiger partial charge in [0.15, 0.2) is 5.82 Å². The van der Waals surface area contributed by atoms with Crippen LogP contribution in [-0.4, -0.2) is 32.2 Å². The average molecular weight is 335 g/mol. The fourth-order valence-corrected chi connectivity index (χ4v) is 2.90. The number of carbonyl (C=O) groups is 1. The second-order valence-electron chi connectivity index (χ2n) is 6.60. The molecule has 1 amide bonds. The first-order valence-electron chi connectivity index (χ1n) is 8.13. The van der Waals surface area contributed by atoms with Crippen LogP contribution in [0.3, 0.4) is 0 Å². The number of benzene rings is 1. The molecular formula is C19H21N5O. The van der Waals surface area contributed by atoms with E-state index in [1.165, 1.54) is 28.5 Å². The Bertz CT molecular complexity index is 871. The number of carbonyl (C=O) groups excluding carboxylic acids is 1. The van der Waals surface area contributed by atoms with Gasteiger partial charge in [-0.15, -0.1) is 0 Å². The number of pyridine rings is 1. The second-order valence-corrected chi connectivity index (χ2v) is 6.60. The van der Waals surface area contributed by atoms with Gasteiger partial charge in [-0.1, -0.05) is 38.1 Å². The predicted octanol–water partition coefficient (Wildman–Crippen LogP) is 2.68. The topological polar surface area (TPSA) is 72.7 Å². The first-order valence-corrected chi connectivity index (χ1v) is 8.13. The van der Waals surface area contributed by atoms with Gasteiger partial charge in [-0.2, -0.15) is 5.10 Å². The van der Waals surface area contributed by atoms with Crippen LogP contribution in [0.25, 0.3) is 5.82 Å². The average Bonchev–Trinajstić information content (AvgIpc) is 3.14. The maximum absolute atomic E-state index is 12.7. The summed E-state index contributed by atoms with van der Waals surface area (Å²) in [6.45, 7) is 6.85. The Balaban J connectivity index is 1.79. The molecule has 0 fully saturated rings. The maximum Gasteiger partial charge on any atom is 0.255 e. The van der Waals surface area contributed by atoms with Gasteiger partial charge in [0.2, 0.25) is 0 Å². The molecule has 2 aromatic heterocycles. The highest BCUT2D eigenvalue weighted by Crippen LogP contribution is 2.25. The molecule has 6 heteroatoms. The zero-order valence-electron chi connectivity index (χ0n) is 14.6. The van der Waals surface area contributed by atoms with Crippen molar-refractivity contribution in [3.8, 4) is 5.82 Å². The molecule has 1 N–H and O–H groups in total. The van der Waals surface area contributed by atoms with Crippen LogP contribution in [0.4, 0.5) is 0 Å². The molecule has 2 heterocycles. The summed E-state index contributed by atoms with van der Waals surface area (Å²) in [4.78, 5) is 20.9. The fraction of sp³-hybridized carbons (Fsp3) is 0.263. The number of nitrogens with zero attached hydrogens (tertiary/aromatic N) is 4. The third-order valence-corrected chi connectivity index (χ3v) is 4.23. The molecule has 0 aliphatic heterocycles. The molecule has 1 aromatic carbocycles. The maximum atomic E-state index is 12.7. The Kier molecular flexibility index (Phi) is 4.61. The van der Waals surface area contributed by atoms with Gasteiger partial charge in [0.1, 0.15) is 12.7 Å². The fourth-order valence-electron chi connectivity index (χ4n) is 2.90. The molecule has 0 saturated heterocycles. The molecule has 3 aromatic rings. The van der Waals surface area contributed by atoms with Gasteiger partial charge in [-0.05, 0) is 30.2 Å². The SMILES string of the molecule is Cc1ccccc1C(C)(C)CNC(=O)c1cccnc1-n1cncn1. The number of hydrogen-bond acceptors (Lipinski definition) is 4. The molecule has 0 unspecified atom stereocenters. The molecule has 128 valence electrons. The van der Waals surface area contributed by atoms with Gasteiger partial charge in [0, 0.05) is 18.2 Å². The van der Waals surface area contributed by atoms with E-state index >= 15 is 0 Å². The molecule has 3 rings (SSSR count). The Morgan fingerprint density at radius 1 is 1.20 bits per heavy atom. The lowest BCUT2D eigenvalue weighted by Crippen LogP contribution is -2.37. The van der Waals surface area contributed by atoms with E-state index in [1.807, 2.05) is 12.1 Å². The molecule has 0 aliphatic carbocycles. The predicted molar refractivity (Wildman–Crippen MR) is 95.7 cm³/mol. The number of rotatable bonds is 5. The highest BCUT2D eigenvalue weighted by Gasteiger charge is 2.24. The van der Waals surface area contributed by atoms with Crippen LogP contribution < -0.4 is 5.32 Å². The van der Waals surface area contributed by atoms with Crippen molar-refractivity contribution in [1.29, 1.82) is 0 Å². The number of amides is 1. The molecule has 25 heavy (non-hydrogen) atoms. The van der Waals surface area contributed by atoms with Crippen LogP contribution in [0.1, 0.15) is 35.3 Å². The Hall–Kier alpha value is -3.02. The minimum Gasteiger partial charge on any atom is -0.351 e. The molecular weight excluding hydrogens is 314 g/mol. The monoisotopic (exact) mass is 335 g/mol. The molecule has 6 nitrogen and oxygen atoms in total. The van der Waals surface area contributed by atoms with Crippen molar-refractivity contribution < 1.29 is 4.79 Å². The summed E-state index contributed by atoms with van der Waals surface area (Å²) in [5, 5.41) is 7.09. The van der Waals surface area contributed by atoms with Crippen LogP contribution in [0.2, 0.25) is 0 Å². The van der Waals surface area contributed by atoms with E-state index < -0.39 is 0 Å². The summed E-state index contributed by atoms with van der Waals surface area (Å²) in [5.41, 5.74) is 2.72. The van der Waals surface area contributed by atoms with Crippen LogP contribution in [0, 0.1) is 6.92 Å². The molecule has 0 bridgehead atoms. The third-order valence-electron chi connectivity index (χ3n) is 4.23. The van der Waals surface area contributed by atoms with Crippen LogP contribution in [0.5, 0.6) is 0 Å². The molecule has 0 spiro atoms. The van der Waals surface area contributed by atoms with Gasteiger partial charge in [-0.3, -0.25) is 4.79 Å². The first-order chi connectivity index (χ1) is 12.0. The van der Waals surface area contributed by atoms with E-state index in [4.69, 9.17) is 0 Å². The van der Waals surface area contributed by atoms with Gasteiger partial charge in [-0.25, -0.2) is 14.6 Å². The first kappa shape index (κ1) is 16.8. The lowest BCUT2D eigenvalue weighted by atomic mass is 9.82. The van der Waals surface area contributed by atoms with Crippen molar-refractivity contribution in [2.75, 3.05) is 6.54 Å². The number of nitrogens with one attached hydrogen (secondary N) is 1. The highest BCUT2D eigenvalue weighted by molar-refractivity contribution is 5.97. The quantitative estimate of drug-likeness (QED) is 0.778. The van der Waals surface area contributed by atoms with Crippen molar-refractivity contribution in [2.45, 2.75) is 26.2 Å². The van der Waals surface area contributed by atoms with Crippen molar-refractivity contribution in [2.24, 2.45) is 0 Å². The van der Waals surface area contributed by atoms with Gasteiger partial charge in [0.05, 0.1) is 5.56 Å². The largest absolute Gasteiger partial charge is 0.351 e. The van der Waals surface area contributed by atoms with E-state index in [0.717, 1.165) is 0 Å². The van der Waals surface area contributed by atoms with E-state index in [0.29, 0.717) is 17.9 Å². The van der Waals surface area contributed by atoms with Crippen LogP contribution in [0.15, 0.2) is 55.2 Å². The molecule has 0 aliphatic rings. The zero-order valence-corrected chi connectivity index (χ0v) is 14.6. The second kappa shape index (κ2) is 6.84. The summed E-state index contributed by atoms with van der Waals surface area (Å²) in [7, 11) is 0. The lowest BCUT2D eigenvalue weighted by Gasteiger charge is -2.27. The van der Waals surface area contributed by atoms with E-state index in [9.17, 15) is 4.79 Å². The summed E-state index contributed by atoms with van der Waals surface area (Å²) in [5.74, 6) is 0.284. The standard InChI is InChI=1S/C19H21N5O/c1-14-7-4-5-9-16(14)19(2,3)11-22-18(25)15-8-6-10-21-17(15)24-13-20-12-23-24/h4-10,12-13H,11H2,1-3H3,(H,22,25).